The minimum absolute atomic E-state index is 0.0185. The number of anilines is 1. The van der Waals surface area contributed by atoms with E-state index in [2.05, 4.69) is 0 Å². The van der Waals surface area contributed by atoms with Gasteiger partial charge in [-0.1, -0.05) is 29.8 Å². The number of nitrogen functional groups attached to an aromatic ring is 1. The first kappa shape index (κ1) is 13.9. The van der Waals surface area contributed by atoms with Gasteiger partial charge in [0, 0.05) is 16.3 Å². The van der Waals surface area contributed by atoms with Gasteiger partial charge in [-0.05, 0) is 24.3 Å². The van der Waals surface area contributed by atoms with E-state index in [1.807, 2.05) is 6.07 Å². The van der Waals surface area contributed by atoms with Crippen LogP contribution in [0.1, 0.15) is 21.5 Å². The van der Waals surface area contributed by atoms with E-state index in [1.54, 1.807) is 30.3 Å². The summed E-state index contributed by atoms with van der Waals surface area (Å²) in [4.78, 5) is 11.9. The molecule has 100 valence electrons. The molecular weight excluding hydrogens is 276 g/mol. The number of ether oxygens (including phenoxy) is 1. The molecule has 0 aliphatic rings. The van der Waals surface area contributed by atoms with Crippen molar-refractivity contribution in [1.29, 1.82) is 5.26 Å². The molecule has 4 nitrogen and oxygen atoms in total. The maximum atomic E-state index is 11.9. The average Bonchev–Trinajstić information content (AvgIpc) is 2.45. The Hall–Kier alpha value is -2.51. The van der Waals surface area contributed by atoms with Crippen LogP contribution in [0.5, 0.6) is 0 Å². The molecule has 5 heteroatoms. The highest BCUT2D eigenvalue weighted by atomic mass is 35.5. The standard InChI is InChI=1S/C15H11ClN2O2/c16-12-5-6-13(14(18)7-12)15(19)20-9-11-4-2-1-3-10(11)8-17/h1-7H,9,18H2. The lowest BCUT2D eigenvalue weighted by Crippen LogP contribution is -2.08. The maximum absolute atomic E-state index is 11.9. The van der Waals surface area contributed by atoms with Crippen LogP contribution < -0.4 is 5.73 Å². The van der Waals surface area contributed by atoms with Gasteiger partial charge in [0.25, 0.3) is 0 Å². The van der Waals surface area contributed by atoms with Gasteiger partial charge in [0.1, 0.15) is 6.61 Å². The van der Waals surface area contributed by atoms with Crippen LogP contribution in [0.15, 0.2) is 42.5 Å². The zero-order valence-electron chi connectivity index (χ0n) is 10.5. The molecule has 0 unspecified atom stereocenters. The minimum atomic E-state index is -0.549. The molecule has 20 heavy (non-hydrogen) atoms. The largest absolute Gasteiger partial charge is 0.457 e. The zero-order valence-corrected chi connectivity index (χ0v) is 11.2. The molecular formula is C15H11ClN2O2. The molecule has 2 N–H and O–H groups in total. The third kappa shape index (κ3) is 3.08. The molecule has 0 radical (unpaired) electrons. The summed E-state index contributed by atoms with van der Waals surface area (Å²) in [6, 6.07) is 13.5. The first-order valence-electron chi connectivity index (χ1n) is 5.82. The number of benzene rings is 2. The monoisotopic (exact) mass is 286 g/mol. The number of carbonyl (C=O) groups is 1. The lowest BCUT2D eigenvalue weighted by atomic mass is 10.1. The van der Waals surface area contributed by atoms with Crippen LogP contribution in [0, 0.1) is 11.3 Å². The van der Waals surface area contributed by atoms with E-state index in [1.165, 1.54) is 12.1 Å². The number of nitrogens with zero attached hydrogens (tertiary/aromatic N) is 1. The van der Waals surface area contributed by atoms with Gasteiger partial charge in [0.05, 0.1) is 17.2 Å². The van der Waals surface area contributed by atoms with Crippen LogP contribution in [0.4, 0.5) is 5.69 Å². The Balaban J connectivity index is 2.11. The van der Waals surface area contributed by atoms with Crippen LogP contribution in [0.2, 0.25) is 5.02 Å². The summed E-state index contributed by atoms with van der Waals surface area (Å²) in [5.41, 5.74) is 7.35. The molecule has 0 spiro atoms. The molecule has 0 bridgehead atoms. The van der Waals surface area contributed by atoms with Crippen LogP contribution >= 0.6 is 11.6 Å². The molecule has 0 atom stereocenters. The van der Waals surface area contributed by atoms with E-state index in [0.29, 0.717) is 16.1 Å². The molecule has 0 heterocycles. The van der Waals surface area contributed by atoms with Crippen molar-refractivity contribution in [3.63, 3.8) is 0 Å². The second-order valence-corrected chi connectivity index (χ2v) is 4.51. The van der Waals surface area contributed by atoms with E-state index < -0.39 is 5.97 Å². The molecule has 0 aliphatic heterocycles. The molecule has 0 saturated carbocycles. The highest BCUT2D eigenvalue weighted by Crippen LogP contribution is 2.19. The van der Waals surface area contributed by atoms with Crippen molar-refractivity contribution < 1.29 is 9.53 Å². The van der Waals surface area contributed by atoms with Crippen molar-refractivity contribution in [2.45, 2.75) is 6.61 Å². The molecule has 2 aromatic rings. The van der Waals surface area contributed by atoms with Crippen molar-refractivity contribution in [2.75, 3.05) is 5.73 Å². The summed E-state index contributed by atoms with van der Waals surface area (Å²) < 4.78 is 5.16. The molecule has 0 saturated heterocycles. The van der Waals surface area contributed by atoms with Crippen molar-refractivity contribution in [3.05, 3.63) is 64.2 Å². The summed E-state index contributed by atoms with van der Waals surface area (Å²) in [5, 5.41) is 9.40. The topological polar surface area (TPSA) is 76.1 Å². The van der Waals surface area contributed by atoms with Gasteiger partial charge in [-0.3, -0.25) is 0 Å². The van der Waals surface area contributed by atoms with E-state index in [-0.39, 0.29) is 17.9 Å². The number of nitriles is 1. The number of rotatable bonds is 3. The smallest absolute Gasteiger partial charge is 0.340 e. The predicted octanol–water partition coefficient (Wildman–Crippen LogP) is 3.15. The van der Waals surface area contributed by atoms with Gasteiger partial charge < -0.3 is 10.5 Å². The average molecular weight is 287 g/mol. The lowest BCUT2D eigenvalue weighted by molar-refractivity contribution is 0.0474. The van der Waals surface area contributed by atoms with E-state index in [9.17, 15) is 4.79 Å². The highest BCUT2D eigenvalue weighted by molar-refractivity contribution is 6.31. The van der Waals surface area contributed by atoms with Crippen LogP contribution in [-0.2, 0) is 11.3 Å². The maximum Gasteiger partial charge on any atom is 0.340 e. The molecule has 0 aliphatic carbocycles. The second kappa shape index (κ2) is 6.09. The number of carbonyl (C=O) groups excluding carboxylic acids is 1. The normalized spacial score (nSPS) is 9.80. The molecule has 0 fully saturated rings. The number of halogens is 1. The Morgan fingerprint density at radius 2 is 2.05 bits per heavy atom. The fourth-order valence-corrected chi connectivity index (χ4v) is 1.88. The van der Waals surface area contributed by atoms with E-state index in [4.69, 9.17) is 27.3 Å². The first-order chi connectivity index (χ1) is 9.61. The van der Waals surface area contributed by atoms with Crippen LogP contribution in [0.3, 0.4) is 0 Å². The summed E-state index contributed by atoms with van der Waals surface area (Å²) in [5.74, 6) is -0.549. The van der Waals surface area contributed by atoms with Crippen LogP contribution in [-0.4, -0.2) is 5.97 Å². The van der Waals surface area contributed by atoms with Crippen molar-refractivity contribution >= 4 is 23.3 Å². The van der Waals surface area contributed by atoms with Crippen molar-refractivity contribution in [1.82, 2.24) is 0 Å². The lowest BCUT2D eigenvalue weighted by Gasteiger charge is -2.08. The van der Waals surface area contributed by atoms with Gasteiger partial charge >= 0.3 is 5.97 Å². The zero-order chi connectivity index (χ0) is 14.5. The van der Waals surface area contributed by atoms with Crippen LogP contribution in [0.25, 0.3) is 0 Å². The SMILES string of the molecule is N#Cc1ccccc1COC(=O)c1ccc(Cl)cc1N. The third-order valence-corrected chi connectivity index (χ3v) is 2.97. The van der Waals surface area contributed by atoms with Gasteiger partial charge in [0.15, 0.2) is 0 Å². The number of nitrogens with two attached hydrogens (primary N) is 1. The summed E-state index contributed by atoms with van der Waals surface area (Å²) in [6.45, 7) is 0.0185. The quantitative estimate of drug-likeness (QED) is 0.694. The molecule has 0 aromatic heterocycles. The highest BCUT2D eigenvalue weighted by Gasteiger charge is 2.12. The fraction of sp³-hybridized carbons (Fsp3) is 0.0667. The Labute approximate surface area is 121 Å². The Morgan fingerprint density at radius 1 is 1.30 bits per heavy atom. The van der Waals surface area contributed by atoms with Gasteiger partial charge in [-0.15, -0.1) is 0 Å². The Morgan fingerprint density at radius 3 is 2.75 bits per heavy atom. The van der Waals surface area contributed by atoms with E-state index >= 15 is 0 Å². The van der Waals surface area contributed by atoms with Gasteiger partial charge in [0.2, 0.25) is 0 Å². The van der Waals surface area contributed by atoms with Crippen molar-refractivity contribution in [2.24, 2.45) is 0 Å². The van der Waals surface area contributed by atoms with Gasteiger partial charge in [-0.2, -0.15) is 5.26 Å². The Bertz CT molecular complexity index is 693. The summed E-state index contributed by atoms with van der Waals surface area (Å²) in [6.07, 6.45) is 0. The number of hydrogen-bond acceptors (Lipinski definition) is 4. The Kier molecular flexibility index (Phi) is 4.24. The first-order valence-corrected chi connectivity index (χ1v) is 6.20. The molecule has 2 rings (SSSR count). The fourth-order valence-electron chi connectivity index (χ4n) is 1.70. The number of esters is 1. The minimum Gasteiger partial charge on any atom is -0.457 e. The molecule has 2 aromatic carbocycles. The predicted molar refractivity (Wildman–Crippen MR) is 76.1 cm³/mol. The summed E-state index contributed by atoms with van der Waals surface area (Å²) in [7, 11) is 0. The van der Waals surface area contributed by atoms with Crippen molar-refractivity contribution in [3.8, 4) is 6.07 Å². The third-order valence-electron chi connectivity index (χ3n) is 2.73. The second-order valence-electron chi connectivity index (χ2n) is 4.08. The van der Waals surface area contributed by atoms with Gasteiger partial charge in [-0.25, -0.2) is 4.79 Å². The van der Waals surface area contributed by atoms with E-state index in [0.717, 1.165) is 0 Å². The number of hydrogen-bond donors (Lipinski definition) is 1. The molecule has 0 amide bonds. The summed E-state index contributed by atoms with van der Waals surface area (Å²) >= 11 is 5.77.